The zero-order valence-corrected chi connectivity index (χ0v) is 12.8. The number of alkyl halides is 1. The van der Waals surface area contributed by atoms with Crippen molar-refractivity contribution in [1.82, 2.24) is 0 Å². The van der Waals surface area contributed by atoms with Crippen LogP contribution in [0.4, 0.5) is 0 Å². The molecule has 0 bridgehead atoms. The second kappa shape index (κ2) is 6.04. The number of hydrogen-bond donors (Lipinski definition) is 0. The van der Waals surface area contributed by atoms with E-state index in [1.165, 1.54) is 32.1 Å². The molecule has 1 aromatic carbocycles. The van der Waals surface area contributed by atoms with E-state index >= 15 is 0 Å². The van der Waals surface area contributed by atoms with Crippen molar-refractivity contribution in [2.45, 2.75) is 44.4 Å². The van der Waals surface area contributed by atoms with Gasteiger partial charge in [0, 0.05) is 0 Å². The van der Waals surface area contributed by atoms with Gasteiger partial charge in [-0.25, -0.2) is 0 Å². The molecule has 1 unspecified atom stereocenters. The Bertz CT molecular complexity index is 425. The van der Waals surface area contributed by atoms with E-state index in [0.29, 0.717) is 0 Å². The smallest absolute Gasteiger partial charge is 0.161 e. The first kappa shape index (κ1) is 14.5. The maximum absolute atomic E-state index is 6.75. The zero-order valence-electron chi connectivity index (χ0n) is 12.0. The summed E-state index contributed by atoms with van der Waals surface area (Å²) in [6, 6.07) is 6.00. The van der Waals surface area contributed by atoms with Gasteiger partial charge in [-0.3, -0.25) is 0 Å². The summed E-state index contributed by atoms with van der Waals surface area (Å²) < 4.78 is 10.6. The van der Waals surface area contributed by atoms with Gasteiger partial charge < -0.3 is 9.47 Å². The van der Waals surface area contributed by atoms with Gasteiger partial charge in [-0.1, -0.05) is 32.3 Å². The maximum atomic E-state index is 6.75. The van der Waals surface area contributed by atoms with Crippen LogP contribution in [0, 0.1) is 5.41 Å². The van der Waals surface area contributed by atoms with Crippen molar-refractivity contribution >= 4 is 11.6 Å². The van der Waals surface area contributed by atoms with Crippen molar-refractivity contribution in [1.29, 1.82) is 0 Å². The molecule has 1 saturated carbocycles. The highest BCUT2D eigenvalue weighted by Gasteiger charge is 2.35. The molecule has 0 aromatic heterocycles. The Labute approximate surface area is 121 Å². The van der Waals surface area contributed by atoms with Gasteiger partial charge in [0.25, 0.3) is 0 Å². The highest BCUT2D eigenvalue weighted by molar-refractivity contribution is 6.21. The molecule has 0 aliphatic heterocycles. The average Bonchev–Trinajstić information content (AvgIpc) is 2.46. The Morgan fingerprint density at radius 1 is 1.05 bits per heavy atom. The molecule has 19 heavy (non-hydrogen) atoms. The number of ether oxygens (including phenoxy) is 2. The van der Waals surface area contributed by atoms with Crippen LogP contribution >= 0.6 is 11.6 Å². The third kappa shape index (κ3) is 3.00. The normalized spacial score (nSPS) is 19.8. The fraction of sp³-hybridized carbons (Fsp3) is 0.625. The zero-order chi connectivity index (χ0) is 13.9. The van der Waals surface area contributed by atoms with Crippen molar-refractivity contribution in [3.63, 3.8) is 0 Å². The van der Waals surface area contributed by atoms with Crippen molar-refractivity contribution in [2.75, 3.05) is 14.2 Å². The van der Waals surface area contributed by atoms with Crippen LogP contribution in [0.25, 0.3) is 0 Å². The molecule has 1 aromatic rings. The van der Waals surface area contributed by atoms with Gasteiger partial charge in [-0.05, 0) is 36.0 Å². The minimum atomic E-state index is 0.0348. The molecular formula is C16H23ClO2. The Kier molecular flexibility index (Phi) is 4.62. The van der Waals surface area contributed by atoms with Crippen LogP contribution in [-0.4, -0.2) is 14.2 Å². The van der Waals surface area contributed by atoms with Crippen molar-refractivity contribution in [3.05, 3.63) is 23.8 Å². The third-order valence-corrected chi connectivity index (χ3v) is 5.09. The SMILES string of the molecule is COc1ccc(C(Cl)C2(C)CCCCC2)cc1OC. The number of methoxy groups -OCH3 is 2. The monoisotopic (exact) mass is 282 g/mol. The van der Waals surface area contributed by atoms with Gasteiger partial charge in [0.2, 0.25) is 0 Å². The van der Waals surface area contributed by atoms with Gasteiger partial charge in [0.15, 0.2) is 11.5 Å². The first-order valence-electron chi connectivity index (χ1n) is 6.97. The molecule has 1 fully saturated rings. The molecule has 1 atom stereocenters. The standard InChI is InChI=1S/C16H23ClO2/c1-16(9-5-4-6-10-16)15(17)12-7-8-13(18-2)14(11-12)19-3/h7-8,11,15H,4-6,9-10H2,1-3H3. The summed E-state index contributed by atoms with van der Waals surface area (Å²) in [5.74, 6) is 1.51. The first-order chi connectivity index (χ1) is 9.10. The lowest BCUT2D eigenvalue weighted by atomic mass is 9.71. The van der Waals surface area contributed by atoms with E-state index in [2.05, 4.69) is 13.0 Å². The van der Waals surface area contributed by atoms with Crippen LogP contribution in [0.5, 0.6) is 11.5 Å². The molecule has 0 saturated heterocycles. The minimum Gasteiger partial charge on any atom is -0.493 e. The molecule has 0 heterocycles. The molecule has 1 aliphatic carbocycles. The molecule has 2 nitrogen and oxygen atoms in total. The highest BCUT2D eigenvalue weighted by Crippen LogP contribution is 2.50. The number of rotatable bonds is 4. The summed E-state index contributed by atoms with van der Waals surface area (Å²) in [4.78, 5) is 0. The van der Waals surface area contributed by atoms with Gasteiger partial charge in [0.05, 0.1) is 19.6 Å². The fourth-order valence-corrected chi connectivity index (χ4v) is 3.38. The molecule has 2 rings (SSSR count). The summed E-state index contributed by atoms with van der Waals surface area (Å²) >= 11 is 6.75. The lowest BCUT2D eigenvalue weighted by molar-refractivity contribution is 0.206. The van der Waals surface area contributed by atoms with E-state index in [4.69, 9.17) is 21.1 Å². The van der Waals surface area contributed by atoms with Crippen LogP contribution in [-0.2, 0) is 0 Å². The van der Waals surface area contributed by atoms with Crippen molar-refractivity contribution in [2.24, 2.45) is 5.41 Å². The molecule has 0 amide bonds. The lowest BCUT2D eigenvalue weighted by Crippen LogP contribution is -2.25. The second-order valence-electron chi connectivity index (χ2n) is 5.69. The third-order valence-electron chi connectivity index (χ3n) is 4.31. The maximum Gasteiger partial charge on any atom is 0.161 e. The van der Waals surface area contributed by atoms with E-state index in [9.17, 15) is 0 Å². The van der Waals surface area contributed by atoms with Gasteiger partial charge in [-0.15, -0.1) is 11.6 Å². The molecule has 1 aliphatic rings. The van der Waals surface area contributed by atoms with Crippen LogP contribution in [0.2, 0.25) is 0 Å². The van der Waals surface area contributed by atoms with Crippen LogP contribution < -0.4 is 9.47 Å². The predicted molar refractivity (Wildman–Crippen MR) is 79.3 cm³/mol. The van der Waals surface area contributed by atoms with E-state index in [1.807, 2.05) is 12.1 Å². The summed E-state index contributed by atoms with van der Waals surface area (Å²) in [5.41, 5.74) is 1.32. The van der Waals surface area contributed by atoms with Crippen LogP contribution in [0.15, 0.2) is 18.2 Å². The largest absolute Gasteiger partial charge is 0.493 e. The van der Waals surface area contributed by atoms with E-state index < -0.39 is 0 Å². The Hall–Kier alpha value is -0.890. The topological polar surface area (TPSA) is 18.5 Å². The van der Waals surface area contributed by atoms with Gasteiger partial charge >= 0.3 is 0 Å². The number of benzene rings is 1. The molecule has 0 N–H and O–H groups in total. The summed E-state index contributed by atoms with van der Waals surface area (Å²) in [6.45, 7) is 2.31. The van der Waals surface area contributed by atoms with Gasteiger partial charge in [0.1, 0.15) is 0 Å². The van der Waals surface area contributed by atoms with Gasteiger partial charge in [-0.2, -0.15) is 0 Å². The second-order valence-corrected chi connectivity index (χ2v) is 6.13. The highest BCUT2D eigenvalue weighted by atomic mass is 35.5. The molecule has 0 radical (unpaired) electrons. The Morgan fingerprint density at radius 3 is 2.26 bits per heavy atom. The Balaban J connectivity index is 2.25. The molecular weight excluding hydrogens is 260 g/mol. The molecule has 106 valence electrons. The first-order valence-corrected chi connectivity index (χ1v) is 7.40. The average molecular weight is 283 g/mol. The number of hydrogen-bond acceptors (Lipinski definition) is 2. The minimum absolute atomic E-state index is 0.0348. The van der Waals surface area contributed by atoms with Crippen LogP contribution in [0.3, 0.4) is 0 Å². The summed E-state index contributed by atoms with van der Waals surface area (Å²) in [7, 11) is 3.31. The summed E-state index contributed by atoms with van der Waals surface area (Å²) in [5, 5.41) is 0.0348. The Morgan fingerprint density at radius 2 is 1.68 bits per heavy atom. The molecule has 3 heteroatoms. The quantitative estimate of drug-likeness (QED) is 0.727. The van der Waals surface area contributed by atoms with E-state index in [-0.39, 0.29) is 10.8 Å². The van der Waals surface area contributed by atoms with Crippen molar-refractivity contribution in [3.8, 4) is 11.5 Å². The predicted octanol–water partition coefficient (Wildman–Crippen LogP) is 4.95. The number of halogens is 1. The van der Waals surface area contributed by atoms with E-state index in [0.717, 1.165) is 17.1 Å². The molecule has 0 spiro atoms. The fourth-order valence-electron chi connectivity index (χ4n) is 3.03. The van der Waals surface area contributed by atoms with Crippen LogP contribution in [0.1, 0.15) is 50.0 Å². The lowest BCUT2D eigenvalue weighted by Gasteiger charge is -2.38. The van der Waals surface area contributed by atoms with Crippen molar-refractivity contribution < 1.29 is 9.47 Å². The van der Waals surface area contributed by atoms with E-state index in [1.54, 1.807) is 14.2 Å². The summed E-state index contributed by atoms with van der Waals surface area (Å²) in [6.07, 6.45) is 6.32.